The predicted octanol–water partition coefficient (Wildman–Crippen LogP) is 7.73. The molecule has 2 aromatic heterocycles. The van der Waals surface area contributed by atoms with Gasteiger partial charge in [0, 0.05) is 47.0 Å². The molecule has 5 aromatic rings. The molecule has 0 amide bonds. The minimum absolute atomic E-state index is 0.0528. The Bertz CT molecular complexity index is 1970. The average molecular weight is 617 g/mol. The standard InChI is InChI=1S/C33H24ClF3N4O3/c34-22-6-4-20(24(35)15-22)17-44-31-3-1-2-27(40-31)23-16-25(36)21(12-26(23)37)14-30-39-28-7-5-19(32(42)43)13-29(28)41(30)18-33(8-9-33)10-11-38/h1-7,12-13,15-16H,8-10,14,17-18H2,(H,42,43). The molecule has 0 bridgehead atoms. The van der Waals surface area contributed by atoms with Crippen LogP contribution in [0.15, 0.2) is 66.7 Å². The summed E-state index contributed by atoms with van der Waals surface area (Å²) in [6.07, 6.45) is 1.93. The molecule has 44 heavy (non-hydrogen) atoms. The van der Waals surface area contributed by atoms with Crippen molar-refractivity contribution in [1.82, 2.24) is 14.5 Å². The minimum Gasteiger partial charge on any atom is -0.478 e. The van der Waals surface area contributed by atoms with E-state index in [4.69, 9.17) is 16.3 Å². The van der Waals surface area contributed by atoms with Crippen LogP contribution in [0.2, 0.25) is 5.02 Å². The number of ether oxygens (including phenoxy) is 1. The molecule has 1 saturated carbocycles. The molecular formula is C33H24ClF3N4O3. The van der Waals surface area contributed by atoms with E-state index in [0.29, 0.717) is 29.8 Å². The highest BCUT2D eigenvalue weighted by molar-refractivity contribution is 6.30. The van der Waals surface area contributed by atoms with Crippen LogP contribution in [0.3, 0.4) is 0 Å². The van der Waals surface area contributed by atoms with E-state index in [1.807, 2.05) is 4.57 Å². The normalized spacial score (nSPS) is 13.5. The summed E-state index contributed by atoms with van der Waals surface area (Å²) in [4.78, 5) is 20.6. The number of hydrogen-bond acceptors (Lipinski definition) is 5. The maximum Gasteiger partial charge on any atom is 0.335 e. The Kier molecular flexibility index (Phi) is 7.74. The van der Waals surface area contributed by atoms with Crippen LogP contribution in [0.5, 0.6) is 5.88 Å². The van der Waals surface area contributed by atoms with Gasteiger partial charge in [0.05, 0.1) is 28.4 Å². The molecule has 2 heterocycles. The minimum atomic E-state index is -1.09. The molecule has 0 radical (unpaired) electrons. The monoisotopic (exact) mass is 616 g/mol. The first-order valence-corrected chi connectivity index (χ1v) is 14.1. The summed E-state index contributed by atoms with van der Waals surface area (Å²) in [5, 5.41) is 19.1. The van der Waals surface area contributed by atoms with E-state index in [2.05, 4.69) is 16.0 Å². The Morgan fingerprint density at radius 3 is 2.52 bits per heavy atom. The van der Waals surface area contributed by atoms with Gasteiger partial charge in [-0.2, -0.15) is 5.26 Å². The van der Waals surface area contributed by atoms with E-state index in [-0.39, 0.29) is 57.3 Å². The second-order valence-electron chi connectivity index (χ2n) is 10.9. The third kappa shape index (κ3) is 5.96. The smallest absolute Gasteiger partial charge is 0.335 e. The van der Waals surface area contributed by atoms with Crippen molar-refractivity contribution in [3.05, 3.63) is 112 Å². The molecule has 1 N–H and O–H groups in total. The number of pyridine rings is 1. The lowest BCUT2D eigenvalue weighted by molar-refractivity contribution is 0.0697. The second-order valence-corrected chi connectivity index (χ2v) is 11.4. The number of rotatable bonds is 10. The molecule has 7 nitrogen and oxygen atoms in total. The lowest BCUT2D eigenvalue weighted by Gasteiger charge is -2.16. The molecule has 222 valence electrons. The van der Waals surface area contributed by atoms with E-state index >= 15 is 8.78 Å². The molecule has 0 saturated heterocycles. The van der Waals surface area contributed by atoms with Gasteiger partial charge in [-0.3, -0.25) is 0 Å². The van der Waals surface area contributed by atoms with Crippen LogP contribution in [0, 0.1) is 34.2 Å². The Morgan fingerprint density at radius 1 is 1.00 bits per heavy atom. The molecule has 11 heteroatoms. The number of aromatic nitrogens is 3. The van der Waals surface area contributed by atoms with Crippen molar-refractivity contribution in [2.75, 3.05) is 0 Å². The maximum absolute atomic E-state index is 15.5. The number of carboxylic acid groups (broad SMARTS) is 1. The molecule has 1 fully saturated rings. The van der Waals surface area contributed by atoms with Gasteiger partial charge in [0.15, 0.2) is 0 Å². The summed E-state index contributed by atoms with van der Waals surface area (Å²) in [5.74, 6) is -2.49. The van der Waals surface area contributed by atoms with Crippen LogP contribution in [0.4, 0.5) is 13.2 Å². The van der Waals surface area contributed by atoms with Gasteiger partial charge in [-0.25, -0.2) is 27.9 Å². The van der Waals surface area contributed by atoms with Crippen molar-refractivity contribution >= 4 is 28.6 Å². The molecule has 0 atom stereocenters. The first-order valence-electron chi connectivity index (χ1n) is 13.8. The lowest BCUT2D eigenvalue weighted by Crippen LogP contribution is -2.15. The molecule has 3 aromatic carbocycles. The first-order chi connectivity index (χ1) is 21.1. The molecular weight excluding hydrogens is 593 g/mol. The number of halogens is 4. The SMILES string of the molecule is N#CCC1(Cn2c(Cc3cc(F)c(-c4cccc(OCc5ccc(Cl)cc5F)n4)cc3F)nc3ccc(C(=O)O)cc32)CC1. The summed E-state index contributed by atoms with van der Waals surface area (Å²) in [7, 11) is 0. The number of hydrogen-bond donors (Lipinski definition) is 1. The van der Waals surface area contributed by atoms with Gasteiger partial charge in [0.1, 0.15) is 29.9 Å². The number of imidazole rings is 1. The highest BCUT2D eigenvalue weighted by atomic mass is 35.5. The van der Waals surface area contributed by atoms with Gasteiger partial charge < -0.3 is 14.4 Å². The van der Waals surface area contributed by atoms with Crippen LogP contribution in [0.1, 0.15) is 46.6 Å². The molecule has 0 unspecified atom stereocenters. The van der Waals surface area contributed by atoms with Crippen LogP contribution < -0.4 is 4.74 Å². The van der Waals surface area contributed by atoms with Gasteiger partial charge in [-0.15, -0.1) is 0 Å². The summed E-state index contributed by atoms with van der Waals surface area (Å²) in [6, 6.07) is 17.7. The van der Waals surface area contributed by atoms with Crippen molar-refractivity contribution in [2.45, 2.75) is 38.8 Å². The average Bonchev–Trinajstić information content (AvgIpc) is 3.68. The van der Waals surface area contributed by atoms with Crippen molar-refractivity contribution in [2.24, 2.45) is 5.41 Å². The summed E-state index contributed by atoms with van der Waals surface area (Å²) in [5.41, 5.74) is 1.25. The predicted molar refractivity (Wildman–Crippen MR) is 157 cm³/mol. The second kappa shape index (κ2) is 11.7. The highest BCUT2D eigenvalue weighted by Crippen LogP contribution is 2.50. The van der Waals surface area contributed by atoms with Crippen LogP contribution >= 0.6 is 11.6 Å². The Morgan fingerprint density at radius 2 is 1.80 bits per heavy atom. The number of fused-ring (bicyclic) bond motifs is 1. The number of benzene rings is 3. The summed E-state index contributed by atoms with van der Waals surface area (Å²) < 4.78 is 52.6. The molecule has 1 aliphatic carbocycles. The van der Waals surface area contributed by atoms with Gasteiger partial charge in [-0.1, -0.05) is 23.7 Å². The fourth-order valence-corrected chi connectivity index (χ4v) is 5.37. The zero-order chi connectivity index (χ0) is 31.0. The maximum atomic E-state index is 15.5. The molecule has 0 aliphatic heterocycles. The molecule has 0 spiro atoms. The van der Waals surface area contributed by atoms with Crippen molar-refractivity contribution in [3.8, 4) is 23.2 Å². The third-order valence-corrected chi connectivity index (χ3v) is 8.09. The number of carbonyl (C=O) groups is 1. The quantitative estimate of drug-likeness (QED) is 0.172. The lowest BCUT2D eigenvalue weighted by atomic mass is 10.0. The Labute approximate surface area is 255 Å². The van der Waals surface area contributed by atoms with Gasteiger partial charge in [0.25, 0.3) is 0 Å². The molecule has 1 aliphatic rings. The van der Waals surface area contributed by atoms with Crippen LogP contribution in [-0.2, 0) is 19.6 Å². The first kappa shape index (κ1) is 29.2. The van der Waals surface area contributed by atoms with E-state index in [1.54, 1.807) is 12.1 Å². The fourth-order valence-electron chi connectivity index (χ4n) is 5.21. The Hall–Kier alpha value is -4.88. The van der Waals surface area contributed by atoms with Gasteiger partial charge in [0.2, 0.25) is 5.88 Å². The van der Waals surface area contributed by atoms with Crippen molar-refractivity contribution < 1.29 is 27.8 Å². The summed E-state index contributed by atoms with van der Waals surface area (Å²) in [6.45, 7) is 0.272. The number of nitriles is 1. The number of nitrogens with zero attached hydrogens (tertiary/aromatic N) is 4. The van der Waals surface area contributed by atoms with E-state index < -0.39 is 23.4 Å². The largest absolute Gasteiger partial charge is 0.478 e. The number of aromatic carboxylic acids is 1. The van der Waals surface area contributed by atoms with E-state index in [0.717, 1.165) is 25.0 Å². The zero-order valence-corrected chi connectivity index (χ0v) is 23.9. The van der Waals surface area contributed by atoms with Crippen LogP contribution in [-0.4, -0.2) is 25.6 Å². The summed E-state index contributed by atoms with van der Waals surface area (Å²) >= 11 is 5.79. The number of carboxylic acids is 1. The fraction of sp³-hybridized carbons (Fsp3) is 0.212. The van der Waals surface area contributed by atoms with Crippen LogP contribution in [0.25, 0.3) is 22.3 Å². The third-order valence-electron chi connectivity index (χ3n) is 7.85. The zero-order valence-electron chi connectivity index (χ0n) is 23.2. The van der Waals surface area contributed by atoms with Crippen molar-refractivity contribution in [3.63, 3.8) is 0 Å². The Balaban J connectivity index is 1.29. The molecule has 6 rings (SSSR count). The van der Waals surface area contributed by atoms with Gasteiger partial charge >= 0.3 is 5.97 Å². The van der Waals surface area contributed by atoms with E-state index in [9.17, 15) is 19.6 Å². The topological polar surface area (TPSA) is 101 Å². The van der Waals surface area contributed by atoms with Gasteiger partial charge in [-0.05, 0) is 66.9 Å². The van der Waals surface area contributed by atoms with Crippen molar-refractivity contribution in [1.29, 1.82) is 5.26 Å². The highest BCUT2D eigenvalue weighted by Gasteiger charge is 2.43. The van der Waals surface area contributed by atoms with E-state index in [1.165, 1.54) is 42.5 Å².